The number of halogens is 2. The fourth-order valence-corrected chi connectivity index (χ4v) is 3.21. The quantitative estimate of drug-likeness (QED) is 0.741. The van der Waals surface area contributed by atoms with E-state index in [1.54, 1.807) is 18.2 Å². The van der Waals surface area contributed by atoms with E-state index in [0.717, 1.165) is 5.56 Å². The number of nitrogens with zero attached hydrogens (tertiary/aromatic N) is 1. The lowest BCUT2D eigenvalue weighted by atomic mass is 10.0. The summed E-state index contributed by atoms with van der Waals surface area (Å²) in [5, 5.41) is 5.21. The summed E-state index contributed by atoms with van der Waals surface area (Å²) in [5.74, 6) is -2.01. The molecule has 1 saturated heterocycles. The molecule has 1 unspecified atom stereocenters. The molecule has 1 aliphatic rings. The van der Waals surface area contributed by atoms with Gasteiger partial charge in [-0.25, -0.2) is 8.78 Å². The summed E-state index contributed by atoms with van der Waals surface area (Å²) in [6.45, 7) is 2.59. The molecule has 29 heavy (non-hydrogen) atoms. The third kappa shape index (κ3) is 5.82. The highest BCUT2D eigenvalue weighted by atomic mass is 19.1. The van der Waals surface area contributed by atoms with Crippen LogP contribution in [0.4, 0.5) is 8.78 Å². The zero-order valence-corrected chi connectivity index (χ0v) is 15.9. The van der Waals surface area contributed by atoms with E-state index in [9.17, 15) is 18.4 Å². The maximum atomic E-state index is 13.6. The Labute approximate surface area is 167 Å². The minimum absolute atomic E-state index is 0.113. The third-order valence-corrected chi connectivity index (χ3v) is 4.76. The maximum Gasteiger partial charge on any atom is 0.254 e. The highest BCUT2D eigenvalue weighted by molar-refractivity contribution is 5.96. The summed E-state index contributed by atoms with van der Waals surface area (Å²) in [6, 6.07) is 11.6. The van der Waals surface area contributed by atoms with E-state index in [-0.39, 0.29) is 24.0 Å². The van der Waals surface area contributed by atoms with Crippen LogP contribution in [-0.2, 0) is 9.53 Å². The lowest BCUT2D eigenvalue weighted by molar-refractivity contribution is -0.120. The first kappa shape index (κ1) is 20.9. The van der Waals surface area contributed by atoms with Gasteiger partial charge in [0.2, 0.25) is 5.91 Å². The van der Waals surface area contributed by atoms with Gasteiger partial charge < -0.3 is 15.4 Å². The van der Waals surface area contributed by atoms with Crippen molar-refractivity contribution >= 4 is 11.8 Å². The molecule has 6 nitrogen and oxygen atoms in total. The van der Waals surface area contributed by atoms with Crippen LogP contribution in [-0.4, -0.2) is 56.1 Å². The van der Waals surface area contributed by atoms with Crippen molar-refractivity contribution < 1.29 is 23.1 Å². The molecule has 2 aromatic carbocycles. The highest BCUT2D eigenvalue weighted by Gasteiger charge is 2.23. The number of morpholine rings is 1. The monoisotopic (exact) mass is 403 g/mol. The maximum absolute atomic E-state index is 13.6. The average molecular weight is 403 g/mol. The number of benzene rings is 2. The van der Waals surface area contributed by atoms with E-state index in [0.29, 0.717) is 32.8 Å². The SMILES string of the molecule is O=C(CNC(=O)c1ccccc1F)NCC(c1ccc(F)cc1)N1CCOCC1. The van der Waals surface area contributed by atoms with Crippen molar-refractivity contribution in [1.29, 1.82) is 0 Å². The number of hydrogen-bond donors (Lipinski definition) is 2. The van der Waals surface area contributed by atoms with Crippen LogP contribution in [0.1, 0.15) is 22.0 Å². The van der Waals surface area contributed by atoms with E-state index < -0.39 is 17.6 Å². The van der Waals surface area contributed by atoms with E-state index in [2.05, 4.69) is 15.5 Å². The molecule has 0 aliphatic carbocycles. The molecule has 0 spiro atoms. The topological polar surface area (TPSA) is 70.7 Å². The van der Waals surface area contributed by atoms with Gasteiger partial charge in [0.25, 0.3) is 5.91 Å². The Morgan fingerprint density at radius 2 is 1.69 bits per heavy atom. The Kier molecular flexibility index (Phi) is 7.26. The second kappa shape index (κ2) is 10.1. The molecule has 1 heterocycles. The number of ether oxygens (including phenoxy) is 1. The molecule has 0 aromatic heterocycles. The molecular weight excluding hydrogens is 380 g/mol. The van der Waals surface area contributed by atoms with Gasteiger partial charge in [-0.15, -0.1) is 0 Å². The van der Waals surface area contributed by atoms with Gasteiger partial charge in [-0.1, -0.05) is 24.3 Å². The van der Waals surface area contributed by atoms with Crippen molar-refractivity contribution in [3.63, 3.8) is 0 Å². The molecule has 0 bridgehead atoms. The molecular formula is C21H23F2N3O3. The van der Waals surface area contributed by atoms with Gasteiger partial charge >= 0.3 is 0 Å². The number of carbonyl (C=O) groups excluding carboxylic acids is 2. The Balaban J connectivity index is 1.57. The Hall–Kier alpha value is -2.84. The lowest BCUT2D eigenvalue weighted by Gasteiger charge is -2.35. The summed E-state index contributed by atoms with van der Waals surface area (Å²) in [4.78, 5) is 26.4. The largest absolute Gasteiger partial charge is 0.379 e. The molecule has 2 N–H and O–H groups in total. The van der Waals surface area contributed by atoms with E-state index in [4.69, 9.17) is 4.74 Å². The van der Waals surface area contributed by atoms with E-state index in [1.807, 2.05) is 0 Å². The van der Waals surface area contributed by atoms with Gasteiger partial charge in [0.05, 0.1) is 31.4 Å². The Morgan fingerprint density at radius 1 is 1.00 bits per heavy atom. The van der Waals surface area contributed by atoms with Crippen LogP contribution in [0.3, 0.4) is 0 Å². The fraction of sp³-hybridized carbons (Fsp3) is 0.333. The highest BCUT2D eigenvalue weighted by Crippen LogP contribution is 2.21. The van der Waals surface area contributed by atoms with Gasteiger partial charge in [-0.05, 0) is 29.8 Å². The van der Waals surface area contributed by atoms with Gasteiger partial charge in [0.15, 0.2) is 0 Å². The first-order valence-electron chi connectivity index (χ1n) is 9.41. The number of carbonyl (C=O) groups is 2. The first-order valence-corrected chi connectivity index (χ1v) is 9.41. The van der Waals surface area contributed by atoms with Gasteiger partial charge in [-0.3, -0.25) is 14.5 Å². The van der Waals surface area contributed by atoms with Crippen molar-refractivity contribution in [2.75, 3.05) is 39.4 Å². The third-order valence-electron chi connectivity index (χ3n) is 4.76. The van der Waals surface area contributed by atoms with Crippen LogP contribution >= 0.6 is 0 Å². The molecule has 2 amide bonds. The van der Waals surface area contributed by atoms with Crippen LogP contribution in [0.15, 0.2) is 48.5 Å². The predicted octanol–water partition coefficient (Wildman–Crippen LogP) is 1.88. The summed E-state index contributed by atoms with van der Waals surface area (Å²) in [7, 11) is 0. The molecule has 1 fully saturated rings. The van der Waals surface area contributed by atoms with Crippen LogP contribution in [0.5, 0.6) is 0 Å². The number of amides is 2. The summed E-state index contributed by atoms with van der Waals surface area (Å²) in [6.07, 6.45) is 0. The zero-order chi connectivity index (χ0) is 20.6. The lowest BCUT2D eigenvalue weighted by Crippen LogP contribution is -2.45. The molecule has 8 heteroatoms. The van der Waals surface area contributed by atoms with Crippen molar-refractivity contribution in [3.05, 3.63) is 71.3 Å². The predicted molar refractivity (Wildman–Crippen MR) is 103 cm³/mol. The first-order chi connectivity index (χ1) is 14.0. The molecule has 1 aliphatic heterocycles. The minimum Gasteiger partial charge on any atom is -0.379 e. The number of nitrogens with one attached hydrogen (secondary N) is 2. The smallest absolute Gasteiger partial charge is 0.254 e. The molecule has 3 rings (SSSR count). The summed E-state index contributed by atoms with van der Waals surface area (Å²) >= 11 is 0. The average Bonchev–Trinajstić information content (AvgIpc) is 2.74. The zero-order valence-electron chi connectivity index (χ0n) is 15.9. The fourth-order valence-electron chi connectivity index (χ4n) is 3.21. The standard InChI is InChI=1S/C21H23F2N3O3/c22-16-7-5-15(6-8-16)19(26-9-11-29-12-10-26)13-24-20(27)14-25-21(28)17-3-1-2-4-18(17)23/h1-8,19H,9-14H2,(H,24,27)(H,25,28). The molecule has 154 valence electrons. The van der Waals surface area contributed by atoms with Crippen molar-refractivity contribution in [1.82, 2.24) is 15.5 Å². The van der Waals surface area contributed by atoms with Gasteiger partial charge in [0, 0.05) is 19.6 Å². The summed E-state index contributed by atoms with van der Waals surface area (Å²) < 4.78 is 32.3. The molecule has 1 atom stereocenters. The van der Waals surface area contributed by atoms with E-state index >= 15 is 0 Å². The molecule has 0 radical (unpaired) electrons. The van der Waals surface area contributed by atoms with Crippen molar-refractivity contribution in [2.24, 2.45) is 0 Å². The van der Waals surface area contributed by atoms with Crippen LogP contribution in [0, 0.1) is 11.6 Å². The summed E-state index contributed by atoms with van der Waals surface area (Å²) in [5.41, 5.74) is 0.766. The molecule has 2 aromatic rings. The van der Waals surface area contributed by atoms with Crippen LogP contribution < -0.4 is 10.6 Å². The van der Waals surface area contributed by atoms with Crippen LogP contribution in [0.25, 0.3) is 0 Å². The van der Waals surface area contributed by atoms with Crippen LogP contribution in [0.2, 0.25) is 0 Å². The number of rotatable bonds is 7. The second-order valence-corrected chi connectivity index (χ2v) is 6.68. The Bertz CT molecular complexity index is 839. The van der Waals surface area contributed by atoms with Crippen molar-refractivity contribution in [3.8, 4) is 0 Å². The Morgan fingerprint density at radius 3 is 2.38 bits per heavy atom. The second-order valence-electron chi connectivity index (χ2n) is 6.68. The van der Waals surface area contributed by atoms with Gasteiger partial charge in [0.1, 0.15) is 11.6 Å². The number of hydrogen-bond acceptors (Lipinski definition) is 4. The minimum atomic E-state index is -0.651. The van der Waals surface area contributed by atoms with Crippen molar-refractivity contribution in [2.45, 2.75) is 6.04 Å². The molecule has 0 saturated carbocycles. The normalized spacial score (nSPS) is 15.5. The van der Waals surface area contributed by atoms with E-state index in [1.165, 1.54) is 30.3 Å². The van der Waals surface area contributed by atoms with Gasteiger partial charge in [-0.2, -0.15) is 0 Å².